The normalized spacial score (nSPS) is 11.1. The molecule has 0 bridgehead atoms. The maximum atomic E-state index is 8.93. The Morgan fingerprint density at radius 1 is 1.13 bits per heavy atom. The Bertz CT molecular complexity index is 311. The first-order valence-corrected chi connectivity index (χ1v) is 5.48. The molecule has 0 radical (unpaired) electrons. The monoisotopic (exact) mass is 208 g/mol. The van der Waals surface area contributed by atoms with E-state index in [1.54, 1.807) is 0 Å². The van der Waals surface area contributed by atoms with Crippen LogP contribution in [0.3, 0.4) is 0 Å². The number of hydrogen-bond donors (Lipinski definition) is 1. The topological polar surface area (TPSA) is 46.0 Å². The van der Waals surface area contributed by atoms with Crippen LogP contribution in [0.25, 0.3) is 0 Å². The van der Waals surface area contributed by atoms with Gasteiger partial charge >= 0.3 is 0 Å². The van der Waals surface area contributed by atoms with E-state index in [0.29, 0.717) is 12.3 Å². The molecule has 1 rings (SSSR count). The van der Waals surface area contributed by atoms with Gasteiger partial charge in [-0.1, -0.05) is 13.8 Å². The van der Waals surface area contributed by atoms with Crippen LogP contribution in [0.15, 0.2) is 0 Å². The highest BCUT2D eigenvalue weighted by Crippen LogP contribution is 2.12. The van der Waals surface area contributed by atoms with Gasteiger partial charge in [-0.25, -0.2) is 9.97 Å². The Morgan fingerprint density at radius 3 is 2.07 bits per heavy atom. The predicted molar refractivity (Wildman–Crippen MR) is 60.8 cm³/mol. The van der Waals surface area contributed by atoms with Gasteiger partial charge in [-0.2, -0.15) is 0 Å². The Labute approximate surface area is 91.6 Å². The maximum Gasteiger partial charge on any atom is 0.129 e. The molecule has 0 unspecified atom stereocenters. The lowest BCUT2D eigenvalue weighted by molar-refractivity contribution is 0.298. The van der Waals surface area contributed by atoms with Gasteiger partial charge in [0.2, 0.25) is 0 Å². The van der Waals surface area contributed by atoms with Gasteiger partial charge in [0.25, 0.3) is 0 Å². The second kappa shape index (κ2) is 5.21. The number of aliphatic hydroxyl groups excluding tert-OH is 1. The first-order chi connectivity index (χ1) is 7.04. The summed E-state index contributed by atoms with van der Waals surface area (Å²) in [5.74, 6) is 1.49. The van der Waals surface area contributed by atoms with E-state index in [1.165, 1.54) is 0 Å². The fourth-order valence-electron chi connectivity index (χ4n) is 1.74. The van der Waals surface area contributed by atoms with Crippen molar-refractivity contribution >= 4 is 0 Å². The molecule has 1 aromatic rings. The lowest BCUT2D eigenvalue weighted by atomic mass is 10.1. The summed E-state index contributed by atoms with van der Waals surface area (Å²) in [6, 6.07) is 0. The third-order valence-electron chi connectivity index (χ3n) is 2.42. The van der Waals surface area contributed by atoms with E-state index in [-0.39, 0.29) is 6.61 Å². The molecule has 0 aromatic carbocycles. The summed E-state index contributed by atoms with van der Waals surface area (Å²) in [4.78, 5) is 8.94. The molecule has 15 heavy (non-hydrogen) atoms. The Morgan fingerprint density at radius 2 is 1.67 bits per heavy atom. The fraction of sp³-hybridized carbons (Fsp3) is 0.667. The second-order valence-corrected chi connectivity index (χ2v) is 4.36. The van der Waals surface area contributed by atoms with Gasteiger partial charge in [-0.05, 0) is 31.7 Å². The average molecular weight is 208 g/mol. The maximum absolute atomic E-state index is 8.93. The van der Waals surface area contributed by atoms with Crippen molar-refractivity contribution in [2.45, 2.75) is 40.5 Å². The summed E-state index contributed by atoms with van der Waals surface area (Å²) in [6.07, 6.45) is 1.57. The minimum absolute atomic E-state index is 0.161. The number of aryl methyl sites for hydroxylation is 2. The largest absolute Gasteiger partial charge is 0.396 e. The summed E-state index contributed by atoms with van der Waals surface area (Å²) in [5.41, 5.74) is 3.10. The van der Waals surface area contributed by atoms with Crippen LogP contribution in [-0.4, -0.2) is 21.7 Å². The van der Waals surface area contributed by atoms with Crippen molar-refractivity contribution in [2.75, 3.05) is 6.61 Å². The van der Waals surface area contributed by atoms with Crippen molar-refractivity contribution < 1.29 is 5.11 Å². The summed E-state index contributed by atoms with van der Waals surface area (Å²) >= 11 is 0. The van der Waals surface area contributed by atoms with E-state index in [9.17, 15) is 0 Å². The predicted octanol–water partition coefficient (Wildman–Crippen LogP) is 1.83. The van der Waals surface area contributed by atoms with Crippen LogP contribution in [0, 0.1) is 19.8 Å². The number of hydrogen-bond acceptors (Lipinski definition) is 3. The third-order valence-corrected chi connectivity index (χ3v) is 2.42. The summed E-state index contributed by atoms with van der Waals surface area (Å²) < 4.78 is 0. The summed E-state index contributed by atoms with van der Waals surface area (Å²) in [6.45, 7) is 8.47. The number of rotatable bonds is 4. The van der Waals surface area contributed by atoms with Crippen LogP contribution in [0.1, 0.15) is 36.6 Å². The molecule has 3 nitrogen and oxygen atoms in total. The molecule has 0 aliphatic rings. The lowest BCUT2D eigenvalue weighted by Gasteiger charge is -2.10. The van der Waals surface area contributed by atoms with E-state index < -0.39 is 0 Å². The van der Waals surface area contributed by atoms with E-state index in [1.807, 2.05) is 13.8 Å². The molecule has 0 saturated carbocycles. The first-order valence-electron chi connectivity index (χ1n) is 5.48. The molecule has 0 spiro atoms. The van der Waals surface area contributed by atoms with Crippen molar-refractivity contribution in [1.29, 1.82) is 0 Å². The SMILES string of the molecule is Cc1nc(CC(C)C)nc(C)c1CCO. The second-order valence-electron chi connectivity index (χ2n) is 4.36. The number of aliphatic hydroxyl groups is 1. The first kappa shape index (κ1) is 12.1. The van der Waals surface area contributed by atoms with Gasteiger partial charge in [0.05, 0.1) is 0 Å². The highest BCUT2D eigenvalue weighted by atomic mass is 16.2. The minimum Gasteiger partial charge on any atom is -0.396 e. The summed E-state index contributed by atoms with van der Waals surface area (Å²) in [5, 5.41) is 8.93. The van der Waals surface area contributed by atoms with Gasteiger partial charge in [0, 0.05) is 24.4 Å². The van der Waals surface area contributed by atoms with Crippen LogP contribution < -0.4 is 0 Å². The lowest BCUT2D eigenvalue weighted by Crippen LogP contribution is -2.08. The van der Waals surface area contributed by atoms with Crippen LogP contribution in [0.4, 0.5) is 0 Å². The minimum atomic E-state index is 0.161. The molecule has 3 heteroatoms. The van der Waals surface area contributed by atoms with Crippen LogP contribution >= 0.6 is 0 Å². The molecule has 84 valence electrons. The molecule has 0 atom stereocenters. The highest BCUT2D eigenvalue weighted by Gasteiger charge is 2.08. The van der Waals surface area contributed by atoms with Crippen LogP contribution in [0.5, 0.6) is 0 Å². The van der Waals surface area contributed by atoms with Crippen molar-refractivity contribution in [3.8, 4) is 0 Å². The zero-order chi connectivity index (χ0) is 11.4. The Hall–Kier alpha value is -0.960. The quantitative estimate of drug-likeness (QED) is 0.821. The molecule has 0 aliphatic heterocycles. The van der Waals surface area contributed by atoms with Gasteiger partial charge in [-0.15, -0.1) is 0 Å². The van der Waals surface area contributed by atoms with Gasteiger partial charge in [0.15, 0.2) is 0 Å². The van der Waals surface area contributed by atoms with Crippen molar-refractivity contribution in [3.63, 3.8) is 0 Å². The summed E-state index contributed by atoms with van der Waals surface area (Å²) in [7, 11) is 0. The Kier molecular flexibility index (Phi) is 4.21. The van der Waals surface area contributed by atoms with Crippen molar-refractivity contribution in [1.82, 2.24) is 9.97 Å². The van der Waals surface area contributed by atoms with Gasteiger partial charge in [-0.3, -0.25) is 0 Å². The molecule has 1 aromatic heterocycles. The number of nitrogens with zero attached hydrogens (tertiary/aromatic N) is 2. The van der Waals surface area contributed by atoms with Crippen molar-refractivity contribution in [3.05, 3.63) is 22.8 Å². The van der Waals surface area contributed by atoms with Gasteiger partial charge < -0.3 is 5.11 Å². The standard InChI is InChI=1S/C12H20N2O/c1-8(2)7-12-13-9(3)11(5-6-15)10(4)14-12/h8,15H,5-7H2,1-4H3. The van der Waals surface area contributed by atoms with E-state index in [0.717, 1.165) is 29.2 Å². The Balaban J connectivity index is 2.97. The number of aromatic nitrogens is 2. The molecule has 1 N–H and O–H groups in total. The molecule has 0 saturated heterocycles. The van der Waals surface area contributed by atoms with Gasteiger partial charge in [0.1, 0.15) is 5.82 Å². The molecule has 0 aliphatic carbocycles. The van der Waals surface area contributed by atoms with Crippen molar-refractivity contribution in [2.24, 2.45) is 5.92 Å². The highest BCUT2D eigenvalue weighted by molar-refractivity contribution is 5.24. The molecule has 0 amide bonds. The van der Waals surface area contributed by atoms with Crippen LogP contribution in [-0.2, 0) is 12.8 Å². The molecular formula is C12H20N2O. The molecule has 1 heterocycles. The molecular weight excluding hydrogens is 188 g/mol. The van der Waals surface area contributed by atoms with Crippen LogP contribution in [0.2, 0.25) is 0 Å². The zero-order valence-corrected chi connectivity index (χ0v) is 10.0. The van der Waals surface area contributed by atoms with E-state index in [2.05, 4.69) is 23.8 Å². The zero-order valence-electron chi connectivity index (χ0n) is 10.0. The molecule has 0 fully saturated rings. The van der Waals surface area contributed by atoms with E-state index >= 15 is 0 Å². The van der Waals surface area contributed by atoms with E-state index in [4.69, 9.17) is 5.11 Å². The smallest absolute Gasteiger partial charge is 0.129 e. The third kappa shape index (κ3) is 3.27. The average Bonchev–Trinajstić information content (AvgIpc) is 2.10. The fourth-order valence-corrected chi connectivity index (χ4v) is 1.74.